The van der Waals surface area contributed by atoms with Gasteiger partial charge in [0, 0.05) is 5.56 Å². The van der Waals surface area contributed by atoms with Crippen molar-refractivity contribution >= 4 is 32.5 Å². The normalized spacial score (nSPS) is 11.3. The zero-order valence-electron chi connectivity index (χ0n) is 15.8. The highest BCUT2D eigenvalue weighted by molar-refractivity contribution is 7.00. The van der Waals surface area contributed by atoms with Crippen molar-refractivity contribution in [2.45, 2.75) is 33.1 Å². The van der Waals surface area contributed by atoms with Crippen molar-refractivity contribution in [1.29, 1.82) is 0 Å². The minimum Gasteiger partial charge on any atom is -0.465 e. The second kappa shape index (κ2) is 11.6. The average Bonchev–Trinajstić information content (AvgIpc) is 2.64. The highest BCUT2D eigenvalue weighted by Gasteiger charge is 2.32. The summed E-state index contributed by atoms with van der Waals surface area (Å²) in [5.74, 6) is -1.45. The number of esters is 1. The second-order valence-electron chi connectivity index (χ2n) is 6.49. The summed E-state index contributed by atoms with van der Waals surface area (Å²) < 4.78 is 13.6. The van der Waals surface area contributed by atoms with Crippen LogP contribution in [0.5, 0.6) is 0 Å². The highest BCUT2D eigenvalue weighted by atomic mass is 35.5. The van der Waals surface area contributed by atoms with E-state index < -0.39 is 11.9 Å². The first-order valence-corrected chi connectivity index (χ1v) is 9.51. The quantitative estimate of drug-likeness (QED) is 0.266. The van der Waals surface area contributed by atoms with Crippen molar-refractivity contribution in [3.05, 3.63) is 70.2 Å². The molecule has 2 aromatic rings. The number of hydrogen-bond donors (Lipinski definition) is 0. The van der Waals surface area contributed by atoms with Crippen molar-refractivity contribution in [1.82, 2.24) is 0 Å². The highest BCUT2D eigenvalue weighted by Crippen LogP contribution is 2.28. The summed E-state index contributed by atoms with van der Waals surface area (Å²) in [7, 11) is 1.17. The summed E-state index contributed by atoms with van der Waals surface area (Å²) in [6, 6.07) is 14.2. The predicted molar refractivity (Wildman–Crippen MR) is 111 cm³/mol. The van der Waals surface area contributed by atoms with Crippen LogP contribution in [0.2, 0.25) is 5.02 Å². The van der Waals surface area contributed by atoms with Gasteiger partial charge in [-0.2, -0.15) is 0 Å². The first-order chi connectivity index (χ1) is 12.9. The number of rotatable bonds is 7. The van der Waals surface area contributed by atoms with Gasteiger partial charge in [-0.25, -0.2) is 0 Å². The molecular weight excluding hydrogens is 383 g/mol. The number of benzene rings is 2. The number of ketones is 1. The number of carbonyl (C=O) groups is 2. The fraction of sp³-hybridized carbons (Fsp3) is 0.333. The average molecular weight is 408 g/mol. The molecule has 0 aliphatic rings. The fourth-order valence-electron chi connectivity index (χ4n) is 2.61. The maximum absolute atomic E-state index is 13.1. The number of carbonyl (C=O) groups excluding carboxylic acids is 2. The first kappa shape index (κ1) is 23.0. The lowest BCUT2D eigenvalue weighted by Gasteiger charge is -2.18. The number of aryl methyl sites for hydroxylation is 1. The molecule has 2 aromatic carbocycles. The summed E-state index contributed by atoms with van der Waals surface area (Å²) in [6.07, 6.45) is 0.757. The van der Waals surface area contributed by atoms with Gasteiger partial charge in [0.05, 0.1) is 11.6 Å². The van der Waals surface area contributed by atoms with Gasteiger partial charge in [0.1, 0.15) is 5.92 Å². The van der Waals surface area contributed by atoms with E-state index in [1.165, 1.54) is 9.12 Å². The van der Waals surface area contributed by atoms with Crippen LogP contribution in [0, 0.1) is 12.8 Å². The Morgan fingerprint density at radius 1 is 1.04 bits per heavy atom. The predicted octanol–water partition coefficient (Wildman–Crippen LogP) is 5.41. The monoisotopic (exact) mass is 407 g/mol. The van der Waals surface area contributed by atoms with E-state index in [0.717, 1.165) is 12.0 Å². The van der Waals surface area contributed by atoms with E-state index in [4.69, 9.17) is 20.9 Å². The van der Waals surface area contributed by atoms with Crippen molar-refractivity contribution in [3.8, 4) is 0 Å². The number of ether oxygens (including phenoxy) is 1. The van der Waals surface area contributed by atoms with Gasteiger partial charge in [0.25, 0.3) is 0 Å². The van der Waals surface area contributed by atoms with Crippen LogP contribution in [0.4, 0.5) is 0 Å². The zero-order valence-corrected chi connectivity index (χ0v) is 17.7. The van der Waals surface area contributed by atoms with Crippen LogP contribution in [-0.2, 0) is 14.1 Å². The molecule has 2 unspecified atom stereocenters. The minimum absolute atomic E-state index is 0.300. The SMILES string of the molecule is Cc1cccc(Cl)c1C(=O)C(C(=O)OCCC(C)C)c1ccccc1.O=[PH2+]. The Hall–Kier alpha value is -2.03. The van der Waals surface area contributed by atoms with Crippen LogP contribution < -0.4 is 0 Å². The molecule has 2 rings (SSSR count). The lowest BCUT2D eigenvalue weighted by Crippen LogP contribution is -2.26. The van der Waals surface area contributed by atoms with Gasteiger partial charge in [-0.15, -0.1) is 0 Å². The largest absolute Gasteiger partial charge is 0.465 e. The summed E-state index contributed by atoms with van der Waals surface area (Å²) >= 11 is 6.23. The molecule has 0 heterocycles. The van der Waals surface area contributed by atoms with Crippen LogP contribution in [0.25, 0.3) is 0 Å². The van der Waals surface area contributed by atoms with Crippen molar-refractivity contribution in [2.75, 3.05) is 6.61 Å². The second-order valence-corrected chi connectivity index (χ2v) is 6.90. The van der Waals surface area contributed by atoms with Crippen LogP contribution in [0.15, 0.2) is 48.5 Å². The van der Waals surface area contributed by atoms with Crippen LogP contribution in [0.1, 0.15) is 47.7 Å². The third-order valence-corrected chi connectivity index (χ3v) is 4.35. The van der Waals surface area contributed by atoms with Crippen LogP contribution in [-0.4, -0.2) is 18.4 Å². The van der Waals surface area contributed by atoms with Gasteiger partial charge in [0.2, 0.25) is 0 Å². The standard InChI is InChI=1S/C21H23ClO3.H2OP/c1-14(2)12-13-25-21(24)19(16-9-5-4-6-10-16)20(23)18-15(3)8-7-11-17(18)22;1-2/h4-11,14,19H,12-13H2,1-3H3;2H2/q;+1. The maximum atomic E-state index is 13.1. The Kier molecular flexibility index (Phi) is 9.92. The number of halogens is 1. The molecule has 0 N–H and O–H groups in total. The topological polar surface area (TPSA) is 60.4 Å². The fourth-order valence-corrected chi connectivity index (χ4v) is 2.92. The van der Waals surface area contributed by atoms with E-state index in [1.54, 1.807) is 36.4 Å². The van der Waals surface area contributed by atoms with Crippen LogP contribution >= 0.6 is 20.7 Å². The van der Waals surface area contributed by atoms with Gasteiger partial charge in [0.15, 0.2) is 5.78 Å². The molecule has 4 nitrogen and oxygen atoms in total. The molecule has 0 saturated heterocycles. The van der Waals surface area contributed by atoms with Gasteiger partial charge in [-0.05, 0) is 36.5 Å². The minimum atomic E-state index is -1.01. The van der Waals surface area contributed by atoms with Crippen molar-refractivity contribution < 1.29 is 18.9 Å². The molecule has 0 aliphatic carbocycles. The number of Topliss-reactive ketones (excluding diaryl/α,β-unsaturated/α-hetero) is 1. The molecule has 0 amide bonds. The summed E-state index contributed by atoms with van der Waals surface area (Å²) in [5.41, 5.74) is 1.73. The summed E-state index contributed by atoms with van der Waals surface area (Å²) in [5, 5.41) is 0.348. The molecule has 0 bridgehead atoms. The summed E-state index contributed by atoms with van der Waals surface area (Å²) in [4.78, 5) is 25.8. The van der Waals surface area contributed by atoms with E-state index in [2.05, 4.69) is 13.8 Å². The van der Waals surface area contributed by atoms with Crippen molar-refractivity contribution in [2.24, 2.45) is 5.92 Å². The summed E-state index contributed by atoms with van der Waals surface area (Å²) in [6.45, 7) is 6.22. The third kappa shape index (κ3) is 6.57. The van der Waals surface area contributed by atoms with E-state index >= 15 is 0 Å². The molecule has 0 aliphatic heterocycles. The molecule has 2 atom stereocenters. The Morgan fingerprint density at radius 3 is 2.22 bits per heavy atom. The Bertz CT molecular complexity index is 742. The molecule has 0 saturated carbocycles. The Labute approximate surface area is 167 Å². The molecule has 0 radical (unpaired) electrons. The van der Waals surface area contributed by atoms with E-state index in [9.17, 15) is 9.59 Å². The molecule has 144 valence electrons. The van der Waals surface area contributed by atoms with E-state index in [-0.39, 0.29) is 5.78 Å². The van der Waals surface area contributed by atoms with Crippen LogP contribution in [0.3, 0.4) is 0 Å². The first-order valence-electron chi connectivity index (χ1n) is 8.66. The lowest BCUT2D eigenvalue weighted by molar-refractivity contribution is -0.144. The number of hydrogen-bond acceptors (Lipinski definition) is 4. The molecule has 0 fully saturated rings. The molecular formula is C21H25ClO4P+. The van der Waals surface area contributed by atoms with Gasteiger partial charge in [-0.3, -0.25) is 9.59 Å². The molecule has 0 aromatic heterocycles. The third-order valence-electron chi connectivity index (χ3n) is 4.04. The molecule has 0 spiro atoms. The van der Waals surface area contributed by atoms with Gasteiger partial charge >= 0.3 is 15.1 Å². The Balaban J connectivity index is 0.00000176. The smallest absolute Gasteiger partial charge is 0.321 e. The maximum Gasteiger partial charge on any atom is 0.321 e. The van der Waals surface area contributed by atoms with Crippen molar-refractivity contribution in [3.63, 3.8) is 0 Å². The molecule has 6 heteroatoms. The molecule has 27 heavy (non-hydrogen) atoms. The van der Waals surface area contributed by atoms with Gasteiger partial charge in [-0.1, -0.05) is 72.5 Å². The van der Waals surface area contributed by atoms with E-state index in [1.807, 2.05) is 19.1 Å². The van der Waals surface area contributed by atoms with Gasteiger partial charge < -0.3 is 4.74 Å². The van der Waals surface area contributed by atoms with E-state index in [0.29, 0.717) is 28.7 Å². The lowest BCUT2D eigenvalue weighted by atomic mass is 9.89. The Morgan fingerprint density at radius 2 is 1.67 bits per heavy atom. The zero-order chi connectivity index (χ0) is 20.4.